The van der Waals surface area contributed by atoms with Crippen LogP contribution in [0, 0.1) is 27.3 Å². The zero-order valence-electron chi connectivity index (χ0n) is 9.93. The molecule has 2 aromatic rings. The van der Waals surface area contributed by atoms with E-state index in [0.29, 0.717) is 11.3 Å². The van der Waals surface area contributed by atoms with Gasteiger partial charge in [-0.3, -0.25) is 10.1 Å². The first-order valence-electron chi connectivity index (χ1n) is 5.41. The molecule has 2 rings (SSSR count). The van der Waals surface area contributed by atoms with E-state index in [9.17, 15) is 14.5 Å². The largest absolute Gasteiger partial charge is 0.354 e. The summed E-state index contributed by atoms with van der Waals surface area (Å²) < 4.78 is 14.0. The molecule has 0 bridgehead atoms. The summed E-state index contributed by atoms with van der Waals surface area (Å²) in [5.41, 5.74) is 0.625. The van der Waals surface area contributed by atoms with Crippen LogP contribution in [-0.2, 0) is 0 Å². The van der Waals surface area contributed by atoms with E-state index in [2.05, 4.69) is 21.2 Å². The van der Waals surface area contributed by atoms with E-state index in [4.69, 9.17) is 5.26 Å². The molecule has 0 aliphatic rings. The molecular weight excluding hydrogens is 329 g/mol. The van der Waals surface area contributed by atoms with Crippen molar-refractivity contribution in [1.82, 2.24) is 0 Å². The molecule has 0 unspecified atom stereocenters. The summed E-state index contributed by atoms with van der Waals surface area (Å²) in [7, 11) is 0. The average Bonchev–Trinajstić information content (AvgIpc) is 2.40. The monoisotopic (exact) mass is 335 g/mol. The zero-order valence-corrected chi connectivity index (χ0v) is 11.5. The van der Waals surface area contributed by atoms with Crippen LogP contribution in [0.2, 0.25) is 0 Å². The Labute approximate surface area is 121 Å². The minimum absolute atomic E-state index is 0.204. The number of nitrogens with zero attached hydrogens (tertiary/aromatic N) is 2. The molecule has 2 aromatic carbocycles. The van der Waals surface area contributed by atoms with Gasteiger partial charge in [0.1, 0.15) is 11.9 Å². The van der Waals surface area contributed by atoms with Gasteiger partial charge in [-0.15, -0.1) is 0 Å². The first-order chi connectivity index (χ1) is 9.49. The highest BCUT2D eigenvalue weighted by Gasteiger charge is 2.11. The number of hydrogen-bond donors (Lipinski definition) is 1. The molecular formula is C13H7BrFN3O2. The number of anilines is 2. The molecule has 100 valence electrons. The van der Waals surface area contributed by atoms with E-state index in [0.717, 1.165) is 16.6 Å². The number of rotatable bonds is 3. The molecule has 0 radical (unpaired) electrons. The van der Waals surface area contributed by atoms with Gasteiger partial charge in [0.05, 0.1) is 22.2 Å². The summed E-state index contributed by atoms with van der Waals surface area (Å²) in [6.45, 7) is 0. The molecule has 7 heteroatoms. The van der Waals surface area contributed by atoms with E-state index in [-0.39, 0.29) is 11.4 Å². The Bertz CT molecular complexity index is 728. The lowest BCUT2D eigenvalue weighted by molar-refractivity contribution is -0.385. The van der Waals surface area contributed by atoms with Gasteiger partial charge in [-0.05, 0) is 24.3 Å². The van der Waals surface area contributed by atoms with Gasteiger partial charge in [0.25, 0.3) is 5.69 Å². The maximum absolute atomic E-state index is 13.3. The second-order valence-corrected chi connectivity index (χ2v) is 4.80. The second kappa shape index (κ2) is 5.67. The molecule has 0 amide bonds. The first kappa shape index (κ1) is 14.0. The molecule has 1 N–H and O–H groups in total. The number of hydrogen-bond acceptors (Lipinski definition) is 4. The van der Waals surface area contributed by atoms with Crippen molar-refractivity contribution in [1.29, 1.82) is 5.26 Å². The molecule has 0 heterocycles. The highest BCUT2D eigenvalue weighted by molar-refractivity contribution is 9.10. The third kappa shape index (κ3) is 3.10. The number of halogens is 2. The van der Waals surface area contributed by atoms with Gasteiger partial charge in [-0.2, -0.15) is 5.26 Å². The standard InChI is InChI=1S/C13H7BrFN3O2/c14-9-1-2-13(8(3-9)7-16)17-11-4-10(15)5-12(6-11)18(19)20/h1-6,17H. The fourth-order valence-electron chi connectivity index (χ4n) is 1.63. The Morgan fingerprint density at radius 1 is 1.30 bits per heavy atom. The van der Waals surface area contributed by atoms with Crippen LogP contribution in [0.5, 0.6) is 0 Å². The Morgan fingerprint density at radius 2 is 2.05 bits per heavy atom. The molecule has 0 aromatic heterocycles. The molecule has 20 heavy (non-hydrogen) atoms. The quantitative estimate of drug-likeness (QED) is 0.676. The van der Waals surface area contributed by atoms with E-state index < -0.39 is 10.7 Å². The maximum Gasteiger partial charge on any atom is 0.274 e. The molecule has 0 saturated heterocycles. The van der Waals surface area contributed by atoms with Crippen molar-refractivity contribution in [2.75, 3.05) is 5.32 Å². The Hall–Kier alpha value is -2.46. The van der Waals surface area contributed by atoms with Crippen molar-refractivity contribution in [3.05, 3.63) is 62.4 Å². The van der Waals surface area contributed by atoms with Gasteiger partial charge in [0, 0.05) is 16.2 Å². The number of nitro groups is 1. The normalized spacial score (nSPS) is 9.85. The lowest BCUT2D eigenvalue weighted by atomic mass is 10.2. The maximum atomic E-state index is 13.3. The summed E-state index contributed by atoms with van der Waals surface area (Å²) in [5.74, 6) is -0.725. The number of nitrogens with one attached hydrogen (secondary N) is 1. The fourth-order valence-corrected chi connectivity index (χ4v) is 1.99. The lowest BCUT2D eigenvalue weighted by Gasteiger charge is -2.08. The van der Waals surface area contributed by atoms with E-state index in [1.54, 1.807) is 18.2 Å². The molecule has 0 spiro atoms. The number of nitro benzene ring substituents is 1. The molecule has 0 saturated carbocycles. The van der Waals surface area contributed by atoms with Crippen LogP contribution >= 0.6 is 15.9 Å². The van der Waals surface area contributed by atoms with Crippen LogP contribution < -0.4 is 5.32 Å². The van der Waals surface area contributed by atoms with Gasteiger partial charge in [-0.25, -0.2) is 4.39 Å². The van der Waals surface area contributed by atoms with Crippen LogP contribution in [0.3, 0.4) is 0 Å². The van der Waals surface area contributed by atoms with Crippen LogP contribution in [0.1, 0.15) is 5.56 Å². The van der Waals surface area contributed by atoms with Crippen molar-refractivity contribution >= 4 is 33.0 Å². The molecule has 0 atom stereocenters. The van der Waals surface area contributed by atoms with Gasteiger partial charge in [-0.1, -0.05) is 15.9 Å². The zero-order chi connectivity index (χ0) is 14.7. The summed E-state index contributed by atoms with van der Waals surface area (Å²) in [6, 6.07) is 10.1. The topological polar surface area (TPSA) is 79.0 Å². The van der Waals surface area contributed by atoms with Crippen LogP contribution in [0.4, 0.5) is 21.5 Å². The Kier molecular flexibility index (Phi) is 3.96. The van der Waals surface area contributed by atoms with Gasteiger partial charge >= 0.3 is 0 Å². The van der Waals surface area contributed by atoms with Crippen molar-refractivity contribution in [3.63, 3.8) is 0 Å². The highest BCUT2D eigenvalue weighted by atomic mass is 79.9. The van der Waals surface area contributed by atoms with Crippen LogP contribution in [-0.4, -0.2) is 4.92 Å². The second-order valence-electron chi connectivity index (χ2n) is 3.88. The predicted molar refractivity (Wildman–Crippen MR) is 75.2 cm³/mol. The van der Waals surface area contributed by atoms with Crippen molar-refractivity contribution in [3.8, 4) is 6.07 Å². The fraction of sp³-hybridized carbons (Fsp3) is 0. The Balaban J connectivity index is 2.40. The summed E-state index contributed by atoms with van der Waals surface area (Å²) in [6.07, 6.45) is 0. The molecule has 0 aliphatic heterocycles. The van der Waals surface area contributed by atoms with Crippen molar-refractivity contribution in [2.45, 2.75) is 0 Å². The molecule has 5 nitrogen and oxygen atoms in total. The predicted octanol–water partition coefficient (Wildman–Crippen LogP) is 4.11. The average molecular weight is 336 g/mol. The summed E-state index contributed by atoms with van der Waals surface area (Å²) >= 11 is 3.24. The van der Waals surface area contributed by atoms with Gasteiger partial charge in [0.2, 0.25) is 0 Å². The van der Waals surface area contributed by atoms with E-state index in [1.165, 1.54) is 6.07 Å². The third-order valence-corrected chi connectivity index (χ3v) is 2.97. The molecule has 0 fully saturated rings. The first-order valence-corrected chi connectivity index (χ1v) is 6.20. The minimum atomic E-state index is -0.725. The lowest BCUT2D eigenvalue weighted by Crippen LogP contribution is -1.96. The van der Waals surface area contributed by atoms with Crippen LogP contribution in [0.15, 0.2) is 40.9 Å². The van der Waals surface area contributed by atoms with E-state index >= 15 is 0 Å². The van der Waals surface area contributed by atoms with Crippen molar-refractivity contribution < 1.29 is 9.31 Å². The number of non-ortho nitro benzene ring substituents is 1. The number of benzene rings is 2. The minimum Gasteiger partial charge on any atom is -0.354 e. The van der Waals surface area contributed by atoms with Crippen molar-refractivity contribution in [2.24, 2.45) is 0 Å². The van der Waals surface area contributed by atoms with E-state index in [1.807, 2.05) is 6.07 Å². The highest BCUT2D eigenvalue weighted by Crippen LogP contribution is 2.27. The number of nitriles is 1. The van der Waals surface area contributed by atoms with Crippen LogP contribution in [0.25, 0.3) is 0 Å². The summed E-state index contributed by atoms with van der Waals surface area (Å²) in [4.78, 5) is 10.00. The molecule has 0 aliphatic carbocycles. The summed E-state index contributed by atoms with van der Waals surface area (Å²) in [5, 5.41) is 22.5. The third-order valence-electron chi connectivity index (χ3n) is 2.47. The Morgan fingerprint density at radius 3 is 2.70 bits per heavy atom. The SMILES string of the molecule is N#Cc1cc(Br)ccc1Nc1cc(F)cc([N+](=O)[O-])c1. The van der Waals surface area contributed by atoms with Gasteiger partial charge in [0.15, 0.2) is 0 Å². The smallest absolute Gasteiger partial charge is 0.274 e. The van der Waals surface area contributed by atoms with Gasteiger partial charge < -0.3 is 5.32 Å².